The molecule has 0 saturated carbocycles. The highest BCUT2D eigenvalue weighted by Crippen LogP contribution is 2.33. The van der Waals surface area contributed by atoms with Crippen molar-refractivity contribution in [1.82, 2.24) is 0 Å². The molecule has 5 heteroatoms. The van der Waals surface area contributed by atoms with Crippen LogP contribution in [0.3, 0.4) is 0 Å². The van der Waals surface area contributed by atoms with Crippen LogP contribution in [-0.2, 0) is 5.92 Å². The molecular weight excluding hydrogens is 194 g/mol. The van der Waals surface area contributed by atoms with Crippen molar-refractivity contribution < 1.29 is 13.9 Å². The predicted octanol–water partition coefficient (Wildman–Crippen LogP) is 2.49. The van der Waals surface area contributed by atoms with Crippen molar-refractivity contribution in [3.05, 3.63) is 21.3 Å². The summed E-state index contributed by atoms with van der Waals surface area (Å²) in [6.07, 6.45) is 0. The van der Waals surface area contributed by atoms with Crippen LogP contribution in [0.25, 0.3) is 0 Å². The van der Waals surface area contributed by atoms with E-state index in [-0.39, 0.29) is 9.90 Å². The van der Waals surface area contributed by atoms with E-state index in [1.807, 2.05) is 0 Å². The van der Waals surface area contributed by atoms with Gasteiger partial charge in [0, 0.05) is 5.38 Å². The van der Waals surface area contributed by atoms with Gasteiger partial charge >= 0.3 is 5.92 Å². The van der Waals surface area contributed by atoms with Crippen LogP contribution < -0.4 is 0 Å². The largest absolute Gasteiger partial charge is 0.390 e. The Morgan fingerprint density at radius 1 is 1.64 bits per heavy atom. The van der Waals surface area contributed by atoms with E-state index < -0.39 is 12.5 Å². The first-order chi connectivity index (χ1) is 5.06. The van der Waals surface area contributed by atoms with Crippen LogP contribution in [0.5, 0.6) is 0 Å². The van der Waals surface area contributed by atoms with E-state index in [1.165, 1.54) is 5.38 Å². The molecule has 1 heterocycles. The van der Waals surface area contributed by atoms with Gasteiger partial charge in [0.05, 0.1) is 9.90 Å². The van der Waals surface area contributed by atoms with Gasteiger partial charge in [-0.25, -0.2) is 0 Å². The summed E-state index contributed by atoms with van der Waals surface area (Å²) in [5.41, 5.74) is 0. The summed E-state index contributed by atoms with van der Waals surface area (Å²) in [5, 5.41) is 9.95. The molecule has 0 aliphatic carbocycles. The molecule has 1 nitrogen and oxygen atoms in total. The van der Waals surface area contributed by atoms with Gasteiger partial charge in [-0.05, 0) is 6.07 Å². The van der Waals surface area contributed by atoms with Crippen LogP contribution >= 0.6 is 22.9 Å². The number of hydrogen-bond acceptors (Lipinski definition) is 2. The Balaban J connectivity index is 2.92. The van der Waals surface area contributed by atoms with Crippen molar-refractivity contribution >= 4 is 22.9 Å². The lowest BCUT2D eigenvalue weighted by Gasteiger charge is -2.09. The number of halogens is 3. The maximum Gasteiger partial charge on any atom is 0.304 e. The average Bonchev–Trinajstić information content (AvgIpc) is 2.36. The highest BCUT2D eigenvalue weighted by atomic mass is 35.5. The zero-order valence-corrected chi connectivity index (χ0v) is 6.92. The zero-order valence-electron chi connectivity index (χ0n) is 5.35. The van der Waals surface area contributed by atoms with Gasteiger partial charge in [-0.1, -0.05) is 11.6 Å². The zero-order chi connectivity index (χ0) is 8.48. The highest BCUT2D eigenvalue weighted by molar-refractivity contribution is 7.10. The number of alkyl halides is 2. The summed E-state index contributed by atoms with van der Waals surface area (Å²) in [6, 6.07) is 1.16. The van der Waals surface area contributed by atoms with Gasteiger partial charge in [0.25, 0.3) is 0 Å². The fourth-order valence-electron chi connectivity index (χ4n) is 0.583. The number of aliphatic hydroxyl groups is 1. The summed E-state index contributed by atoms with van der Waals surface area (Å²) in [7, 11) is 0. The number of aliphatic hydroxyl groups excluding tert-OH is 1. The Kier molecular flexibility index (Phi) is 2.47. The van der Waals surface area contributed by atoms with Crippen molar-refractivity contribution in [2.24, 2.45) is 0 Å². The Bertz CT molecular complexity index is 248. The van der Waals surface area contributed by atoms with E-state index in [1.54, 1.807) is 0 Å². The molecule has 1 rings (SSSR count). The summed E-state index contributed by atoms with van der Waals surface area (Å²) in [6.45, 7) is -1.18. The Morgan fingerprint density at radius 2 is 2.27 bits per heavy atom. The smallest absolute Gasteiger partial charge is 0.304 e. The highest BCUT2D eigenvalue weighted by Gasteiger charge is 2.31. The molecule has 0 spiro atoms. The fraction of sp³-hybridized carbons (Fsp3) is 0.333. The molecule has 0 amide bonds. The minimum absolute atomic E-state index is 0.204. The van der Waals surface area contributed by atoms with Crippen molar-refractivity contribution in [3.63, 3.8) is 0 Å². The molecule has 0 unspecified atom stereocenters. The molecule has 1 aromatic rings. The van der Waals surface area contributed by atoms with E-state index in [4.69, 9.17) is 16.7 Å². The number of rotatable bonds is 2. The second kappa shape index (κ2) is 3.05. The molecule has 0 aliphatic heterocycles. The first-order valence-electron chi connectivity index (χ1n) is 2.79. The van der Waals surface area contributed by atoms with E-state index in [2.05, 4.69) is 0 Å². The van der Waals surface area contributed by atoms with Crippen LogP contribution in [-0.4, -0.2) is 11.7 Å². The van der Waals surface area contributed by atoms with Gasteiger partial charge in [0.15, 0.2) is 0 Å². The third-order valence-electron chi connectivity index (χ3n) is 1.13. The van der Waals surface area contributed by atoms with Gasteiger partial charge < -0.3 is 5.11 Å². The van der Waals surface area contributed by atoms with Crippen molar-refractivity contribution in [2.45, 2.75) is 5.92 Å². The summed E-state index contributed by atoms with van der Waals surface area (Å²) >= 11 is 6.26. The van der Waals surface area contributed by atoms with E-state index in [0.717, 1.165) is 17.4 Å². The molecule has 0 saturated heterocycles. The van der Waals surface area contributed by atoms with Crippen LogP contribution in [0.1, 0.15) is 4.88 Å². The van der Waals surface area contributed by atoms with Crippen molar-refractivity contribution in [3.8, 4) is 0 Å². The predicted molar refractivity (Wildman–Crippen MR) is 40.3 cm³/mol. The minimum atomic E-state index is -3.15. The van der Waals surface area contributed by atoms with E-state index in [9.17, 15) is 8.78 Å². The van der Waals surface area contributed by atoms with Gasteiger partial charge in [-0.2, -0.15) is 8.78 Å². The molecule has 0 aromatic carbocycles. The molecule has 1 N–H and O–H groups in total. The molecule has 11 heavy (non-hydrogen) atoms. The fourth-order valence-corrected chi connectivity index (χ4v) is 1.63. The Morgan fingerprint density at radius 3 is 2.64 bits per heavy atom. The third-order valence-corrected chi connectivity index (χ3v) is 2.52. The van der Waals surface area contributed by atoms with Crippen LogP contribution in [0.15, 0.2) is 11.4 Å². The van der Waals surface area contributed by atoms with Crippen LogP contribution in [0, 0.1) is 0 Å². The maximum atomic E-state index is 12.6. The lowest BCUT2D eigenvalue weighted by atomic mass is 10.3. The third kappa shape index (κ3) is 1.89. The topological polar surface area (TPSA) is 20.2 Å². The summed E-state index contributed by atoms with van der Waals surface area (Å²) in [4.78, 5) is -0.204. The van der Waals surface area contributed by atoms with Crippen LogP contribution in [0.4, 0.5) is 8.78 Å². The summed E-state index contributed by atoms with van der Waals surface area (Å²) in [5.74, 6) is -3.15. The van der Waals surface area contributed by atoms with Gasteiger partial charge in [0.1, 0.15) is 6.61 Å². The number of thiophene rings is 1. The Labute approximate surface area is 71.2 Å². The molecule has 0 bridgehead atoms. The second-order valence-electron chi connectivity index (χ2n) is 1.99. The molecule has 62 valence electrons. The van der Waals surface area contributed by atoms with Crippen molar-refractivity contribution in [2.75, 3.05) is 6.61 Å². The molecular formula is C6H5ClF2OS. The van der Waals surface area contributed by atoms with Gasteiger partial charge in [0.2, 0.25) is 0 Å². The quantitative estimate of drug-likeness (QED) is 0.774. The second-order valence-corrected chi connectivity index (χ2v) is 3.34. The van der Waals surface area contributed by atoms with Crippen LogP contribution in [0.2, 0.25) is 5.02 Å². The van der Waals surface area contributed by atoms with E-state index >= 15 is 0 Å². The number of hydrogen-bond donors (Lipinski definition) is 1. The first-order valence-corrected chi connectivity index (χ1v) is 4.05. The molecule has 0 radical (unpaired) electrons. The lowest BCUT2D eigenvalue weighted by molar-refractivity contribution is -0.0524. The maximum absolute atomic E-state index is 12.6. The van der Waals surface area contributed by atoms with E-state index in [0.29, 0.717) is 0 Å². The molecule has 0 fully saturated rings. The minimum Gasteiger partial charge on any atom is -0.390 e. The lowest BCUT2D eigenvalue weighted by Crippen LogP contribution is -2.16. The SMILES string of the molecule is OCC(F)(F)c1cc(Cl)cs1. The average molecular weight is 199 g/mol. The Hall–Kier alpha value is -0.190. The standard InChI is InChI=1S/C6H5ClF2OS/c7-4-1-5(11-2-4)6(8,9)3-10/h1-2,10H,3H2. The molecule has 0 aliphatic rings. The molecule has 1 aromatic heterocycles. The van der Waals surface area contributed by atoms with Crippen molar-refractivity contribution in [1.29, 1.82) is 0 Å². The summed E-state index contributed by atoms with van der Waals surface area (Å²) < 4.78 is 25.2. The molecule has 0 atom stereocenters. The first kappa shape index (κ1) is 8.90. The normalized spacial score (nSPS) is 12.0. The van der Waals surface area contributed by atoms with Gasteiger partial charge in [-0.3, -0.25) is 0 Å². The monoisotopic (exact) mass is 198 g/mol. The van der Waals surface area contributed by atoms with Gasteiger partial charge in [-0.15, -0.1) is 11.3 Å².